The zero-order valence-electron chi connectivity index (χ0n) is 22.5. The normalized spacial score (nSPS) is 24.6. The third-order valence-corrected chi connectivity index (χ3v) is 6.94. The van der Waals surface area contributed by atoms with Gasteiger partial charge < -0.3 is 34.3 Å². The van der Waals surface area contributed by atoms with Crippen molar-refractivity contribution in [3.05, 3.63) is 0 Å². The minimum atomic E-state index is -4.57. The van der Waals surface area contributed by atoms with Gasteiger partial charge in [-0.25, -0.2) is 0 Å². The van der Waals surface area contributed by atoms with Crippen molar-refractivity contribution in [2.45, 2.75) is 128 Å². The fourth-order valence-corrected chi connectivity index (χ4v) is 4.66. The van der Waals surface area contributed by atoms with Crippen molar-refractivity contribution in [3.63, 3.8) is 0 Å². The largest absolute Gasteiger partial charge is 0.462 e. The van der Waals surface area contributed by atoms with Crippen molar-refractivity contribution in [2.24, 2.45) is 0 Å². The van der Waals surface area contributed by atoms with Crippen LogP contribution in [0.15, 0.2) is 0 Å². The molecule has 1 rings (SSSR count). The molecule has 4 N–H and O–H groups in total. The van der Waals surface area contributed by atoms with Gasteiger partial charge in [0.1, 0.15) is 36.8 Å². The topological polar surface area (TPSA) is 186 Å². The van der Waals surface area contributed by atoms with E-state index in [0.29, 0.717) is 12.8 Å². The van der Waals surface area contributed by atoms with Gasteiger partial charge in [0, 0.05) is 12.8 Å². The third-order valence-electron chi connectivity index (χ3n) is 6.19. The van der Waals surface area contributed by atoms with Gasteiger partial charge in [-0.3, -0.25) is 14.1 Å². The van der Waals surface area contributed by atoms with Crippen LogP contribution in [0.3, 0.4) is 0 Å². The Morgan fingerprint density at radius 1 is 0.789 bits per heavy atom. The molecule has 0 saturated carbocycles. The van der Waals surface area contributed by atoms with Gasteiger partial charge >= 0.3 is 11.9 Å². The first-order chi connectivity index (χ1) is 18.0. The smallest absolute Gasteiger partial charge is 0.306 e. The van der Waals surface area contributed by atoms with Crippen LogP contribution in [0.4, 0.5) is 0 Å². The molecule has 0 aliphatic carbocycles. The second kappa shape index (κ2) is 18.9. The number of aliphatic hydroxyl groups excluding tert-OH is 3. The molecule has 1 aliphatic rings. The van der Waals surface area contributed by atoms with Crippen molar-refractivity contribution in [1.82, 2.24) is 0 Å². The Labute approximate surface area is 225 Å². The van der Waals surface area contributed by atoms with Gasteiger partial charge in [-0.05, 0) is 12.8 Å². The Balaban J connectivity index is 2.70. The molecule has 12 nitrogen and oxygen atoms in total. The van der Waals surface area contributed by atoms with Crippen LogP contribution in [-0.2, 0) is 38.7 Å². The van der Waals surface area contributed by atoms with Gasteiger partial charge in [-0.1, -0.05) is 65.2 Å². The number of carbonyl (C=O) groups is 2. The van der Waals surface area contributed by atoms with E-state index in [2.05, 4.69) is 13.8 Å². The van der Waals surface area contributed by atoms with E-state index in [1.54, 1.807) is 0 Å². The average Bonchev–Trinajstić information content (AvgIpc) is 2.85. The van der Waals surface area contributed by atoms with Gasteiger partial charge in [-0.15, -0.1) is 0 Å². The molecular formula is C25H46O12S. The molecule has 224 valence electrons. The van der Waals surface area contributed by atoms with Crippen LogP contribution < -0.4 is 0 Å². The maximum absolute atomic E-state index is 12.4. The maximum Gasteiger partial charge on any atom is 0.306 e. The lowest BCUT2D eigenvalue weighted by Crippen LogP contribution is -2.60. The maximum atomic E-state index is 12.4. The highest BCUT2D eigenvalue weighted by Gasteiger charge is 2.46. The number of hydrogen-bond acceptors (Lipinski definition) is 11. The second-order valence-corrected chi connectivity index (χ2v) is 11.2. The van der Waals surface area contributed by atoms with Gasteiger partial charge in [0.15, 0.2) is 12.4 Å². The van der Waals surface area contributed by atoms with Crippen molar-refractivity contribution in [3.8, 4) is 0 Å². The van der Waals surface area contributed by atoms with E-state index >= 15 is 0 Å². The molecule has 13 heteroatoms. The van der Waals surface area contributed by atoms with Crippen LogP contribution in [-0.4, -0.2) is 96.0 Å². The third kappa shape index (κ3) is 14.7. The van der Waals surface area contributed by atoms with E-state index in [4.69, 9.17) is 23.5 Å². The van der Waals surface area contributed by atoms with E-state index < -0.39 is 71.2 Å². The molecule has 38 heavy (non-hydrogen) atoms. The van der Waals surface area contributed by atoms with Crippen LogP contribution in [0.1, 0.15) is 90.9 Å². The first-order valence-corrected chi connectivity index (χ1v) is 15.2. The molecule has 0 aromatic rings. The Bertz CT molecular complexity index is 774. The van der Waals surface area contributed by atoms with Crippen LogP contribution in [0.5, 0.6) is 0 Å². The molecule has 0 bridgehead atoms. The Kier molecular flexibility index (Phi) is 17.2. The number of hydrogen-bond donors (Lipinski definition) is 4. The van der Waals surface area contributed by atoms with Crippen LogP contribution in [0.25, 0.3) is 0 Å². The molecule has 0 aromatic heterocycles. The molecule has 6 atom stereocenters. The molecule has 0 radical (unpaired) electrons. The van der Waals surface area contributed by atoms with Crippen LogP contribution in [0, 0.1) is 0 Å². The number of rotatable bonds is 20. The van der Waals surface area contributed by atoms with E-state index in [-0.39, 0.29) is 19.4 Å². The predicted octanol–water partition coefficient (Wildman–Crippen LogP) is 1.87. The molecule has 1 heterocycles. The predicted molar refractivity (Wildman–Crippen MR) is 137 cm³/mol. The summed E-state index contributed by atoms with van der Waals surface area (Å²) in [6.45, 7) is 3.47. The van der Waals surface area contributed by atoms with Crippen molar-refractivity contribution < 1.29 is 56.8 Å². The molecule has 0 unspecified atom stereocenters. The first-order valence-electron chi connectivity index (χ1n) is 13.6. The molecule has 1 fully saturated rings. The lowest BCUT2D eigenvalue weighted by Gasteiger charge is -2.40. The number of esters is 2. The minimum Gasteiger partial charge on any atom is -0.462 e. The second-order valence-electron chi connectivity index (χ2n) is 9.72. The number of carbonyl (C=O) groups excluding carboxylic acids is 2. The summed E-state index contributed by atoms with van der Waals surface area (Å²) in [6, 6.07) is 0. The lowest BCUT2D eigenvalue weighted by molar-refractivity contribution is -0.297. The Morgan fingerprint density at radius 2 is 1.34 bits per heavy atom. The fourth-order valence-electron chi connectivity index (χ4n) is 3.97. The quantitative estimate of drug-likeness (QED) is 0.0947. The SMILES string of the molecule is CCCCCCCC(=O)OC[C@H](CO[C@@H]1O[C@H](CS(=O)(=O)O)[C@@H](O)[C@H](O)[C@H]1O)OC(=O)CCCCCCC. The molecule has 0 amide bonds. The number of aliphatic hydroxyl groups is 3. The lowest BCUT2D eigenvalue weighted by atomic mass is 10.00. The minimum absolute atomic E-state index is 0.162. The van der Waals surface area contributed by atoms with Crippen molar-refractivity contribution in [2.75, 3.05) is 19.0 Å². The van der Waals surface area contributed by atoms with E-state index in [1.165, 1.54) is 0 Å². The van der Waals surface area contributed by atoms with Crippen LogP contribution >= 0.6 is 0 Å². The molecule has 1 saturated heterocycles. The zero-order valence-corrected chi connectivity index (χ0v) is 23.4. The van der Waals surface area contributed by atoms with E-state index in [0.717, 1.165) is 51.4 Å². The van der Waals surface area contributed by atoms with Gasteiger partial charge in [0.05, 0.1) is 6.61 Å². The van der Waals surface area contributed by atoms with Crippen molar-refractivity contribution in [1.29, 1.82) is 0 Å². The summed E-state index contributed by atoms with van der Waals surface area (Å²) in [6.07, 6.45) is 0.182. The van der Waals surface area contributed by atoms with E-state index in [1.807, 2.05) is 0 Å². The Morgan fingerprint density at radius 3 is 1.89 bits per heavy atom. The summed E-state index contributed by atoms with van der Waals surface area (Å²) in [5, 5.41) is 30.3. The summed E-state index contributed by atoms with van der Waals surface area (Å²) in [7, 11) is -4.57. The van der Waals surface area contributed by atoms with Gasteiger partial charge in [0.25, 0.3) is 10.1 Å². The highest BCUT2D eigenvalue weighted by atomic mass is 32.2. The summed E-state index contributed by atoms with van der Waals surface area (Å²) >= 11 is 0. The molecular weight excluding hydrogens is 524 g/mol. The van der Waals surface area contributed by atoms with E-state index in [9.17, 15) is 33.3 Å². The zero-order chi connectivity index (χ0) is 28.6. The van der Waals surface area contributed by atoms with Gasteiger partial charge in [0.2, 0.25) is 0 Å². The monoisotopic (exact) mass is 570 g/mol. The summed E-state index contributed by atoms with van der Waals surface area (Å²) < 4.78 is 52.9. The van der Waals surface area contributed by atoms with Crippen LogP contribution in [0.2, 0.25) is 0 Å². The Hall–Kier alpha value is -1.35. The average molecular weight is 571 g/mol. The highest BCUT2D eigenvalue weighted by molar-refractivity contribution is 7.85. The number of unbranched alkanes of at least 4 members (excludes halogenated alkanes) is 8. The molecule has 0 aromatic carbocycles. The molecule has 0 spiro atoms. The van der Waals surface area contributed by atoms with Gasteiger partial charge in [-0.2, -0.15) is 8.42 Å². The van der Waals surface area contributed by atoms with Crippen molar-refractivity contribution >= 4 is 22.1 Å². The first kappa shape index (κ1) is 34.7. The summed E-state index contributed by atoms with van der Waals surface area (Å²) in [4.78, 5) is 24.5. The molecule has 1 aliphatic heterocycles. The standard InChI is InChI=1S/C25H46O12S/c1-3-5-7-9-11-13-20(26)34-15-18(36-21(27)14-12-10-8-6-4-2)16-35-25-24(30)23(29)22(28)19(37-25)17-38(31,32)33/h18-19,22-25,28-30H,3-17H2,1-2H3,(H,31,32,33)/t18-,19-,22-,23+,24-,25-/m1/s1. The summed E-state index contributed by atoms with van der Waals surface area (Å²) in [5.41, 5.74) is 0. The fraction of sp³-hybridized carbons (Fsp3) is 0.920. The highest BCUT2D eigenvalue weighted by Crippen LogP contribution is 2.23. The number of ether oxygens (including phenoxy) is 4. The summed E-state index contributed by atoms with van der Waals surface area (Å²) in [5.74, 6) is -2.01.